The second-order valence-corrected chi connectivity index (χ2v) is 8.81. The number of nitrogens with zero attached hydrogens (tertiary/aromatic N) is 1. The minimum absolute atomic E-state index is 0.0216. The number of esters is 1. The molecular formula is C10H11BrClNO5S2. The quantitative estimate of drug-likeness (QED) is 0.717. The molecule has 0 saturated carbocycles. The lowest BCUT2D eigenvalue weighted by atomic mass is 10.3. The topological polar surface area (TPSA) is 72.9 Å². The standard InChI is InChI=1S/C10H11BrClNO5S2/c1-17-10(14)7-5-18-3-2-13(7)20(15,16)8-4-6(12)9(11)19-8/h4,7H,2-3,5H2,1H3. The van der Waals surface area contributed by atoms with Gasteiger partial charge in [-0.1, -0.05) is 11.6 Å². The summed E-state index contributed by atoms with van der Waals surface area (Å²) in [7, 11) is -2.60. The fourth-order valence-corrected chi connectivity index (χ4v) is 5.84. The number of hydrogen-bond acceptors (Lipinski definition) is 6. The summed E-state index contributed by atoms with van der Waals surface area (Å²) < 4.78 is 36.6. The van der Waals surface area contributed by atoms with Crippen molar-refractivity contribution in [1.29, 1.82) is 0 Å². The predicted molar refractivity (Wildman–Crippen MR) is 77.5 cm³/mol. The lowest BCUT2D eigenvalue weighted by molar-refractivity contribution is -0.149. The van der Waals surface area contributed by atoms with E-state index < -0.39 is 22.0 Å². The highest BCUT2D eigenvalue weighted by atomic mass is 79.9. The molecule has 0 N–H and O–H groups in total. The highest BCUT2D eigenvalue weighted by molar-refractivity contribution is 9.11. The molecule has 0 bridgehead atoms. The molecule has 0 radical (unpaired) electrons. The summed E-state index contributed by atoms with van der Waals surface area (Å²) >= 11 is 10.0. The number of ether oxygens (including phenoxy) is 2. The molecule has 0 aliphatic carbocycles. The zero-order valence-corrected chi connectivity index (χ0v) is 14.3. The van der Waals surface area contributed by atoms with Gasteiger partial charge in [0.05, 0.1) is 29.1 Å². The number of thiophene rings is 1. The van der Waals surface area contributed by atoms with Crippen molar-refractivity contribution in [3.8, 4) is 0 Å². The van der Waals surface area contributed by atoms with Crippen molar-refractivity contribution in [3.63, 3.8) is 0 Å². The van der Waals surface area contributed by atoms with E-state index in [-0.39, 0.29) is 24.0 Å². The molecular weight excluding hydrogens is 394 g/mol. The van der Waals surface area contributed by atoms with Crippen molar-refractivity contribution in [2.75, 3.05) is 26.9 Å². The molecule has 1 aromatic heterocycles. The maximum Gasteiger partial charge on any atom is 0.326 e. The van der Waals surface area contributed by atoms with Gasteiger partial charge in [0.25, 0.3) is 10.0 Å². The van der Waals surface area contributed by atoms with Gasteiger partial charge in [0.2, 0.25) is 0 Å². The van der Waals surface area contributed by atoms with Crippen LogP contribution in [0.15, 0.2) is 14.1 Å². The van der Waals surface area contributed by atoms with Crippen LogP contribution in [0.5, 0.6) is 0 Å². The number of carbonyl (C=O) groups is 1. The Bertz CT molecular complexity index is 598. The second-order valence-electron chi connectivity index (χ2n) is 3.92. The number of sulfonamides is 1. The Morgan fingerprint density at radius 1 is 1.65 bits per heavy atom. The van der Waals surface area contributed by atoms with Crippen molar-refractivity contribution in [1.82, 2.24) is 4.31 Å². The molecule has 2 rings (SSSR count). The van der Waals surface area contributed by atoms with Gasteiger partial charge in [-0.25, -0.2) is 8.42 Å². The molecule has 20 heavy (non-hydrogen) atoms. The average molecular weight is 405 g/mol. The SMILES string of the molecule is COC(=O)C1COCCN1S(=O)(=O)c1cc(Cl)c(Br)s1. The molecule has 6 nitrogen and oxygen atoms in total. The first-order chi connectivity index (χ1) is 9.37. The predicted octanol–water partition coefficient (Wildman–Crippen LogP) is 1.73. The summed E-state index contributed by atoms with van der Waals surface area (Å²) in [5.41, 5.74) is 0. The Morgan fingerprint density at radius 2 is 2.35 bits per heavy atom. The van der Waals surface area contributed by atoms with Gasteiger partial charge in [-0.15, -0.1) is 11.3 Å². The van der Waals surface area contributed by atoms with E-state index in [1.54, 1.807) is 0 Å². The fourth-order valence-electron chi connectivity index (χ4n) is 1.77. The Labute approximate surface area is 133 Å². The number of halogens is 2. The number of rotatable bonds is 3. The molecule has 0 amide bonds. The zero-order valence-electron chi connectivity index (χ0n) is 10.3. The maximum atomic E-state index is 12.6. The minimum Gasteiger partial charge on any atom is -0.468 e. The van der Waals surface area contributed by atoms with Crippen LogP contribution in [0.2, 0.25) is 5.02 Å². The van der Waals surface area contributed by atoms with Gasteiger partial charge in [-0.3, -0.25) is 4.79 Å². The Balaban J connectivity index is 2.37. The average Bonchev–Trinajstić information content (AvgIpc) is 2.78. The van der Waals surface area contributed by atoms with Gasteiger partial charge in [0.15, 0.2) is 0 Å². The molecule has 1 fully saturated rings. The van der Waals surface area contributed by atoms with Crippen molar-refractivity contribution in [2.45, 2.75) is 10.3 Å². The van der Waals surface area contributed by atoms with Crippen molar-refractivity contribution < 1.29 is 22.7 Å². The second kappa shape index (κ2) is 6.29. The molecule has 0 aromatic carbocycles. The molecule has 112 valence electrons. The van der Waals surface area contributed by atoms with E-state index >= 15 is 0 Å². The van der Waals surface area contributed by atoms with E-state index in [0.29, 0.717) is 8.81 Å². The van der Waals surface area contributed by atoms with Crippen LogP contribution in [0.4, 0.5) is 0 Å². The molecule has 1 atom stereocenters. The van der Waals surface area contributed by atoms with Crippen molar-refractivity contribution >= 4 is 54.9 Å². The van der Waals surface area contributed by atoms with E-state index in [1.165, 1.54) is 13.2 Å². The normalized spacial score (nSPS) is 20.9. The maximum absolute atomic E-state index is 12.6. The van der Waals surface area contributed by atoms with Crippen LogP contribution in [-0.2, 0) is 24.3 Å². The summed E-state index contributed by atoms with van der Waals surface area (Å²) in [5.74, 6) is -0.644. The first kappa shape index (κ1) is 16.2. The van der Waals surface area contributed by atoms with Crippen LogP contribution < -0.4 is 0 Å². The van der Waals surface area contributed by atoms with Gasteiger partial charge in [-0.2, -0.15) is 4.31 Å². The molecule has 1 unspecified atom stereocenters. The highest BCUT2D eigenvalue weighted by Crippen LogP contribution is 2.36. The fraction of sp³-hybridized carbons (Fsp3) is 0.500. The minimum atomic E-state index is -3.81. The summed E-state index contributed by atoms with van der Waals surface area (Å²) in [6.07, 6.45) is 0. The smallest absolute Gasteiger partial charge is 0.326 e. The Kier molecular flexibility index (Phi) is 5.09. The van der Waals surface area contributed by atoms with Crippen LogP contribution in [-0.4, -0.2) is 51.6 Å². The largest absolute Gasteiger partial charge is 0.468 e. The summed E-state index contributed by atoms with van der Waals surface area (Å²) in [6.45, 7) is 0.300. The first-order valence-corrected chi connectivity index (χ1v) is 8.93. The van der Waals surface area contributed by atoms with E-state index in [1.807, 2.05) is 0 Å². The zero-order chi connectivity index (χ0) is 14.9. The van der Waals surface area contributed by atoms with E-state index in [0.717, 1.165) is 15.6 Å². The molecule has 1 aromatic rings. The van der Waals surface area contributed by atoms with Crippen molar-refractivity contribution in [3.05, 3.63) is 14.9 Å². The van der Waals surface area contributed by atoms with Gasteiger partial charge < -0.3 is 9.47 Å². The number of morpholine rings is 1. The molecule has 1 aliphatic rings. The van der Waals surface area contributed by atoms with Gasteiger partial charge in [0.1, 0.15) is 10.3 Å². The van der Waals surface area contributed by atoms with Crippen LogP contribution in [0.1, 0.15) is 0 Å². The third kappa shape index (κ3) is 3.02. The lowest BCUT2D eigenvalue weighted by Crippen LogP contribution is -2.52. The molecule has 10 heteroatoms. The molecule has 2 heterocycles. The number of methoxy groups -OCH3 is 1. The first-order valence-electron chi connectivity index (χ1n) is 5.50. The summed E-state index contributed by atoms with van der Waals surface area (Å²) in [4.78, 5) is 11.7. The van der Waals surface area contributed by atoms with Crippen LogP contribution in [0.25, 0.3) is 0 Å². The Hall–Kier alpha value is -0.190. The summed E-state index contributed by atoms with van der Waals surface area (Å²) in [5, 5.41) is 0.316. The summed E-state index contributed by atoms with van der Waals surface area (Å²) in [6, 6.07) is 0.383. The third-order valence-electron chi connectivity index (χ3n) is 2.74. The van der Waals surface area contributed by atoms with E-state index in [9.17, 15) is 13.2 Å². The van der Waals surface area contributed by atoms with Crippen LogP contribution in [0, 0.1) is 0 Å². The highest BCUT2D eigenvalue weighted by Gasteiger charge is 2.40. The van der Waals surface area contributed by atoms with Crippen LogP contribution in [0.3, 0.4) is 0 Å². The van der Waals surface area contributed by atoms with Crippen LogP contribution >= 0.6 is 38.9 Å². The molecule has 0 spiro atoms. The van der Waals surface area contributed by atoms with Gasteiger partial charge >= 0.3 is 5.97 Å². The third-order valence-corrected chi connectivity index (χ3v) is 7.57. The molecule has 1 saturated heterocycles. The van der Waals surface area contributed by atoms with Gasteiger partial charge in [0, 0.05) is 6.54 Å². The monoisotopic (exact) mass is 403 g/mol. The lowest BCUT2D eigenvalue weighted by Gasteiger charge is -2.32. The molecule has 1 aliphatic heterocycles. The number of hydrogen-bond donors (Lipinski definition) is 0. The van der Waals surface area contributed by atoms with E-state index in [4.69, 9.17) is 16.3 Å². The van der Waals surface area contributed by atoms with Crippen molar-refractivity contribution in [2.24, 2.45) is 0 Å². The van der Waals surface area contributed by atoms with Gasteiger partial charge in [-0.05, 0) is 22.0 Å². The number of carbonyl (C=O) groups excluding carboxylic acids is 1. The van der Waals surface area contributed by atoms with E-state index in [2.05, 4.69) is 20.7 Å². The Morgan fingerprint density at radius 3 is 2.90 bits per heavy atom.